The Bertz CT molecular complexity index is 882. The van der Waals surface area contributed by atoms with Crippen molar-refractivity contribution in [3.8, 4) is 11.1 Å². The van der Waals surface area contributed by atoms with Gasteiger partial charge in [0.25, 0.3) is 0 Å². The lowest BCUT2D eigenvalue weighted by Crippen LogP contribution is -2.25. The summed E-state index contributed by atoms with van der Waals surface area (Å²) in [6, 6.07) is 25.1. The normalized spacial score (nSPS) is 10.6. The van der Waals surface area contributed by atoms with E-state index >= 15 is 0 Å². The maximum absolute atomic E-state index is 12.4. The molecule has 0 aliphatic carbocycles. The molecule has 2 nitrogen and oxygen atoms in total. The van der Waals surface area contributed by atoms with Gasteiger partial charge in [0.2, 0.25) is 5.91 Å². The first-order valence-corrected chi connectivity index (χ1v) is 9.71. The van der Waals surface area contributed by atoms with Gasteiger partial charge in [-0.2, -0.15) is 0 Å². The Kier molecular flexibility index (Phi) is 6.43. The number of nitrogens with one attached hydrogen (secondary N) is 1. The van der Waals surface area contributed by atoms with E-state index in [4.69, 9.17) is 0 Å². The average Bonchev–Trinajstić information content (AvgIpc) is 2.73. The minimum Gasteiger partial charge on any atom is -0.352 e. The van der Waals surface area contributed by atoms with Gasteiger partial charge < -0.3 is 5.32 Å². The summed E-state index contributed by atoms with van der Waals surface area (Å²) in [5.41, 5.74) is 7.24. The maximum Gasteiger partial charge on any atom is 0.224 e. The van der Waals surface area contributed by atoms with Crippen molar-refractivity contribution < 1.29 is 4.79 Å². The van der Waals surface area contributed by atoms with Crippen LogP contribution < -0.4 is 5.32 Å². The van der Waals surface area contributed by atoms with Gasteiger partial charge in [-0.15, -0.1) is 0 Å². The molecule has 0 spiro atoms. The zero-order chi connectivity index (χ0) is 19.1. The zero-order valence-corrected chi connectivity index (χ0v) is 16.2. The molecule has 0 saturated heterocycles. The largest absolute Gasteiger partial charge is 0.352 e. The van der Waals surface area contributed by atoms with Gasteiger partial charge in [0.05, 0.1) is 6.42 Å². The number of amides is 1. The maximum atomic E-state index is 12.4. The van der Waals surface area contributed by atoms with Crippen LogP contribution in [0, 0.1) is 0 Å². The van der Waals surface area contributed by atoms with Crippen LogP contribution in [0.1, 0.15) is 36.1 Å². The van der Waals surface area contributed by atoms with E-state index < -0.39 is 0 Å². The fourth-order valence-electron chi connectivity index (χ4n) is 3.30. The van der Waals surface area contributed by atoms with E-state index in [1.807, 2.05) is 30.3 Å². The Labute approximate surface area is 162 Å². The smallest absolute Gasteiger partial charge is 0.224 e. The van der Waals surface area contributed by atoms with Gasteiger partial charge in [0, 0.05) is 6.54 Å². The van der Waals surface area contributed by atoms with E-state index in [9.17, 15) is 4.79 Å². The van der Waals surface area contributed by atoms with Gasteiger partial charge in [0.15, 0.2) is 0 Å². The quantitative estimate of drug-likeness (QED) is 0.608. The molecule has 0 radical (unpaired) electrons. The molecule has 3 aromatic carbocycles. The Hall–Kier alpha value is -2.87. The molecule has 0 atom stereocenters. The van der Waals surface area contributed by atoms with E-state index in [1.54, 1.807) is 0 Å². The predicted molar refractivity (Wildman–Crippen MR) is 113 cm³/mol. The summed E-state index contributed by atoms with van der Waals surface area (Å²) in [6.45, 7) is 4.90. The molecule has 0 unspecified atom stereocenters. The van der Waals surface area contributed by atoms with Crippen LogP contribution in [0.2, 0.25) is 0 Å². The van der Waals surface area contributed by atoms with Gasteiger partial charge in [-0.1, -0.05) is 86.6 Å². The van der Waals surface area contributed by atoms with Gasteiger partial charge in [-0.25, -0.2) is 0 Å². The summed E-state index contributed by atoms with van der Waals surface area (Å²) in [5.74, 6) is 0.0615. The van der Waals surface area contributed by atoms with E-state index in [0.29, 0.717) is 13.0 Å². The number of carbonyl (C=O) groups excluding carboxylic acids is 1. The standard InChI is InChI=1S/C25H27NO/c1-3-19-10-13-21(4-2)24(16-19)18-26-25(27)17-20-11-14-23(15-12-20)22-8-6-5-7-9-22/h5-16H,3-4,17-18H2,1-2H3,(H,26,27). The van der Waals surface area contributed by atoms with Crippen molar-refractivity contribution in [3.05, 3.63) is 95.1 Å². The monoisotopic (exact) mass is 357 g/mol. The molecule has 0 aromatic heterocycles. The van der Waals surface area contributed by atoms with Crippen LogP contribution in [0.15, 0.2) is 72.8 Å². The van der Waals surface area contributed by atoms with Crippen molar-refractivity contribution in [3.63, 3.8) is 0 Å². The molecule has 27 heavy (non-hydrogen) atoms. The van der Waals surface area contributed by atoms with E-state index in [0.717, 1.165) is 18.4 Å². The second-order valence-electron chi connectivity index (χ2n) is 6.83. The fourth-order valence-corrected chi connectivity index (χ4v) is 3.30. The lowest BCUT2D eigenvalue weighted by molar-refractivity contribution is -0.120. The minimum atomic E-state index is 0.0615. The fraction of sp³-hybridized carbons (Fsp3) is 0.240. The highest BCUT2D eigenvalue weighted by atomic mass is 16.1. The molecule has 138 valence electrons. The predicted octanol–water partition coefficient (Wildman–Crippen LogP) is 5.34. The number of benzene rings is 3. The first-order valence-electron chi connectivity index (χ1n) is 9.71. The summed E-state index contributed by atoms with van der Waals surface area (Å²) >= 11 is 0. The second-order valence-corrected chi connectivity index (χ2v) is 6.83. The first kappa shape index (κ1) is 18.9. The molecular weight excluding hydrogens is 330 g/mol. The van der Waals surface area contributed by atoms with Crippen LogP contribution >= 0.6 is 0 Å². The molecule has 1 amide bonds. The summed E-state index contributed by atoms with van der Waals surface area (Å²) in [4.78, 5) is 12.4. The van der Waals surface area contributed by atoms with Crippen molar-refractivity contribution in [2.24, 2.45) is 0 Å². The highest BCUT2D eigenvalue weighted by Gasteiger charge is 2.07. The van der Waals surface area contributed by atoms with Crippen LogP contribution in [0.5, 0.6) is 0 Å². The summed E-state index contributed by atoms with van der Waals surface area (Å²) < 4.78 is 0. The highest BCUT2D eigenvalue weighted by Crippen LogP contribution is 2.19. The molecule has 0 heterocycles. The summed E-state index contributed by atoms with van der Waals surface area (Å²) in [5, 5.41) is 3.08. The Morgan fingerprint density at radius 3 is 2.07 bits per heavy atom. The first-order chi connectivity index (χ1) is 13.2. The third-order valence-electron chi connectivity index (χ3n) is 4.96. The van der Waals surface area contributed by atoms with Crippen molar-refractivity contribution >= 4 is 5.91 Å². The lowest BCUT2D eigenvalue weighted by atomic mass is 10.0. The average molecular weight is 357 g/mol. The van der Waals surface area contributed by atoms with Gasteiger partial charge >= 0.3 is 0 Å². The van der Waals surface area contributed by atoms with Crippen LogP contribution in [-0.4, -0.2) is 5.91 Å². The third-order valence-corrected chi connectivity index (χ3v) is 4.96. The number of hydrogen-bond acceptors (Lipinski definition) is 1. The molecule has 0 saturated carbocycles. The van der Waals surface area contributed by atoms with Crippen LogP contribution in [-0.2, 0) is 30.6 Å². The van der Waals surface area contributed by atoms with Gasteiger partial charge in [-0.3, -0.25) is 4.79 Å². The van der Waals surface area contributed by atoms with Crippen molar-refractivity contribution in [1.29, 1.82) is 0 Å². The Balaban J connectivity index is 1.60. The van der Waals surface area contributed by atoms with Crippen LogP contribution in [0.4, 0.5) is 0 Å². The zero-order valence-electron chi connectivity index (χ0n) is 16.2. The molecule has 0 bridgehead atoms. The van der Waals surface area contributed by atoms with Crippen molar-refractivity contribution in [2.45, 2.75) is 39.7 Å². The molecule has 3 rings (SSSR count). The number of carbonyl (C=O) groups is 1. The van der Waals surface area contributed by atoms with Crippen LogP contribution in [0.25, 0.3) is 11.1 Å². The second kappa shape index (κ2) is 9.18. The SMILES string of the molecule is CCc1ccc(CC)c(CNC(=O)Cc2ccc(-c3ccccc3)cc2)c1. The summed E-state index contributed by atoms with van der Waals surface area (Å²) in [6.07, 6.45) is 2.40. The highest BCUT2D eigenvalue weighted by molar-refractivity contribution is 5.79. The van der Waals surface area contributed by atoms with Crippen molar-refractivity contribution in [1.82, 2.24) is 5.32 Å². The summed E-state index contributed by atoms with van der Waals surface area (Å²) in [7, 11) is 0. The van der Waals surface area contributed by atoms with Crippen LogP contribution in [0.3, 0.4) is 0 Å². The van der Waals surface area contributed by atoms with E-state index in [-0.39, 0.29) is 5.91 Å². The Morgan fingerprint density at radius 1 is 0.741 bits per heavy atom. The third kappa shape index (κ3) is 5.07. The lowest BCUT2D eigenvalue weighted by Gasteiger charge is -2.12. The van der Waals surface area contributed by atoms with Gasteiger partial charge in [-0.05, 0) is 46.2 Å². The number of hydrogen-bond donors (Lipinski definition) is 1. The topological polar surface area (TPSA) is 29.1 Å². The van der Waals surface area contributed by atoms with E-state index in [2.05, 4.69) is 61.6 Å². The van der Waals surface area contributed by atoms with Gasteiger partial charge in [0.1, 0.15) is 0 Å². The molecular formula is C25H27NO. The number of rotatable bonds is 7. The Morgan fingerprint density at radius 2 is 1.41 bits per heavy atom. The molecule has 0 fully saturated rings. The van der Waals surface area contributed by atoms with E-state index in [1.165, 1.54) is 27.8 Å². The minimum absolute atomic E-state index is 0.0615. The molecule has 0 aliphatic rings. The van der Waals surface area contributed by atoms with Crippen molar-refractivity contribution in [2.75, 3.05) is 0 Å². The molecule has 2 heteroatoms. The number of aryl methyl sites for hydroxylation is 2. The molecule has 1 N–H and O–H groups in total. The molecule has 0 aliphatic heterocycles. The molecule has 3 aromatic rings.